The summed E-state index contributed by atoms with van der Waals surface area (Å²) in [6.07, 6.45) is 3.47. The van der Waals surface area contributed by atoms with Crippen molar-refractivity contribution in [3.8, 4) is 6.07 Å². The van der Waals surface area contributed by atoms with Gasteiger partial charge in [0.15, 0.2) is 0 Å². The van der Waals surface area contributed by atoms with Gasteiger partial charge in [0.25, 0.3) is 0 Å². The van der Waals surface area contributed by atoms with E-state index in [1.165, 1.54) is 6.20 Å². The van der Waals surface area contributed by atoms with Crippen molar-refractivity contribution in [2.75, 3.05) is 0 Å². The molecule has 0 unspecified atom stereocenters. The van der Waals surface area contributed by atoms with Gasteiger partial charge in [0.2, 0.25) is 0 Å². The summed E-state index contributed by atoms with van der Waals surface area (Å²) in [5.74, 6) is 0. The predicted octanol–water partition coefficient (Wildman–Crippen LogP) is 2.56. The smallest absolute Gasteiger partial charge is 0.102 e. The Morgan fingerprint density at radius 3 is 2.92 bits per heavy atom. The second-order valence-corrected chi connectivity index (χ2v) is 2.92. The van der Waals surface area contributed by atoms with Crippen LogP contribution < -0.4 is 0 Å². The Morgan fingerprint density at radius 2 is 2.42 bits per heavy atom. The number of nitriles is 1. The second-order valence-electron chi connectivity index (χ2n) is 2.52. The number of hydrogen-bond acceptors (Lipinski definition) is 2. The van der Waals surface area contributed by atoms with Crippen LogP contribution in [0.2, 0.25) is 5.02 Å². The molecule has 3 heteroatoms. The number of hydrogen-bond donors (Lipinski definition) is 0. The number of pyridine rings is 1. The van der Waals surface area contributed by atoms with E-state index in [1.54, 1.807) is 6.07 Å². The average molecular weight is 181 g/mol. The Kier molecular flexibility index (Phi) is 3.07. The van der Waals surface area contributed by atoms with Crippen LogP contribution in [-0.2, 0) is 6.42 Å². The maximum Gasteiger partial charge on any atom is 0.102 e. The van der Waals surface area contributed by atoms with Gasteiger partial charge in [0, 0.05) is 11.9 Å². The topological polar surface area (TPSA) is 36.7 Å². The van der Waals surface area contributed by atoms with Crippen LogP contribution in [-0.4, -0.2) is 4.98 Å². The van der Waals surface area contributed by atoms with E-state index in [0.29, 0.717) is 10.6 Å². The van der Waals surface area contributed by atoms with Crippen molar-refractivity contribution < 1.29 is 0 Å². The first-order valence-corrected chi connectivity index (χ1v) is 4.20. The van der Waals surface area contributed by atoms with Gasteiger partial charge in [-0.05, 0) is 12.5 Å². The Balaban J connectivity index is 2.96. The van der Waals surface area contributed by atoms with E-state index in [9.17, 15) is 0 Å². The van der Waals surface area contributed by atoms with Crippen molar-refractivity contribution in [1.29, 1.82) is 5.26 Å². The minimum atomic E-state index is 0.441. The molecule has 0 fully saturated rings. The molecular weight excluding hydrogens is 172 g/mol. The minimum absolute atomic E-state index is 0.441. The van der Waals surface area contributed by atoms with Crippen LogP contribution in [0.3, 0.4) is 0 Å². The number of aromatic nitrogens is 1. The zero-order chi connectivity index (χ0) is 8.97. The summed E-state index contributed by atoms with van der Waals surface area (Å²) in [5.41, 5.74) is 1.39. The number of nitrogens with zero attached hydrogens (tertiary/aromatic N) is 2. The van der Waals surface area contributed by atoms with Crippen molar-refractivity contribution in [3.63, 3.8) is 0 Å². The predicted molar refractivity (Wildman–Crippen MR) is 48.0 cm³/mol. The molecular formula is C9H9ClN2. The average Bonchev–Trinajstić information content (AvgIpc) is 2.05. The standard InChI is InChI=1S/C9H9ClN2/c1-2-3-8-4-9(10)7(5-11)6-12-8/h4,6H,2-3H2,1H3. The van der Waals surface area contributed by atoms with Crippen molar-refractivity contribution in [2.45, 2.75) is 19.8 Å². The molecule has 1 aromatic heterocycles. The van der Waals surface area contributed by atoms with E-state index in [2.05, 4.69) is 11.9 Å². The molecule has 0 radical (unpaired) electrons. The molecule has 0 aromatic carbocycles. The van der Waals surface area contributed by atoms with Gasteiger partial charge in [-0.3, -0.25) is 4.98 Å². The van der Waals surface area contributed by atoms with Crippen LogP contribution in [0.4, 0.5) is 0 Å². The van der Waals surface area contributed by atoms with Crippen molar-refractivity contribution in [1.82, 2.24) is 4.98 Å². The van der Waals surface area contributed by atoms with E-state index in [-0.39, 0.29) is 0 Å². The van der Waals surface area contributed by atoms with Gasteiger partial charge in [-0.2, -0.15) is 5.26 Å². The molecule has 2 nitrogen and oxygen atoms in total. The Labute approximate surface area is 76.8 Å². The highest BCUT2D eigenvalue weighted by molar-refractivity contribution is 6.31. The van der Waals surface area contributed by atoms with Gasteiger partial charge in [0.1, 0.15) is 6.07 Å². The van der Waals surface area contributed by atoms with Crippen molar-refractivity contribution in [2.24, 2.45) is 0 Å². The monoisotopic (exact) mass is 180 g/mol. The van der Waals surface area contributed by atoms with Gasteiger partial charge in [-0.25, -0.2) is 0 Å². The van der Waals surface area contributed by atoms with E-state index >= 15 is 0 Å². The first-order valence-electron chi connectivity index (χ1n) is 3.82. The van der Waals surface area contributed by atoms with Crippen LogP contribution in [0.25, 0.3) is 0 Å². The molecule has 1 aromatic rings. The summed E-state index contributed by atoms with van der Waals surface area (Å²) in [6.45, 7) is 2.08. The van der Waals surface area contributed by atoms with E-state index in [1.807, 2.05) is 6.07 Å². The molecule has 0 N–H and O–H groups in total. The first kappa shape index (κ1) is 9.02. The van der Waals surface area contributed by atoms with Gasteiger partial charge in [0.05, 0.1) is 10.6 Å². The van der Waals surface area contributed by atoms with E-state index in [4.69, 9.17) is 16.9 Å². The van der Waals surface area contributed by atoms with Crippen LogP contribution in [0.1, 0.15) is 24.6 Å². The third kappa shape index (κ3) is 1.96. The quantitative estimate of drug-likeness (QED) is 0.702. The molecule has 0 spiro atoms. The summed E-state index contributed by atoms with van der Waals surface area (Å²) in [7, 11) is 0. The molecule has 1 heterocycles. The summed E-state index contributed by atoms with van der Waals surface area (Å²) < 4.78 is 0. The maximum atomic E-state index is 8.56. The molecule has 0 aliphatic carbocycles. The third-order valence-electron chi connectivity index (χ3n) is 1.54. The van der Waals surface area contributed by atoms with Gasteiger partial charge < -0.3 is 0 Å². The minimum Gasteiger partial charge on any atom is -0.260 e. The van der Waals surface area contributed by atoms with Gasteiger partial charge >= 0.3 is 0 Å². The molecule has 1 rings (SSSR count). The lowest BCUT2D eigenvalue weighted by atomic mass is 10.2. The zero-order valence-electron chi connectivity index (χ0n) is 6.84. The Bertz CT molecular complexity index is 315. The SMILES string of the molecule is CCCc1cc(Cl)c(C#N)cn1. The Morgan fingerprint density at radius 1 is 1.67 bits per heavy atom. The van der Waals surface area contributed by atoms with E-state index < -0.39 is 0 Å². The molecule has 0 saturated heterocycles. The summed E-state index contributed by atoms with van der Waals surface area (Å²) in [5, 5.41) is 9.06. The molecule has 0 bridgehead atoms. The number of rotatable bonds is 2. The number of aryl methyl sites for hydroxylation is 1. The van der Waals surface area contributed by atoms with Gasteiger partial charge in [-0.15, -0.1) is 0 Å². The van der Waals surface area contributed by atoms with Gasteiger partial charge in [-0.1, -0.05) is 24.9 Å². The molecule has 0 aliphatic heterocycles. The zero-order valence-corrected chi connectivity index (χ0v) is 7.60. The summed E-state index contributed by atoms with van der Waals surface area (Å²) >= 11 is 5.80. The molecule has 0 amide bonds. The van der Waals surface area contributed by atoms with Crippen molar-refractivity contribution in [3.05, 3.63) is 28.5 Å². The first-order chi connectivity index (χ1) is 5.77. The van der Waals surface area contributed by atoms with Crippen LogP contribution >= 0.6 is 11.6 Å². The fraction of sp³-hybridized carbons (Fsp3) is 0.333. The Hall–Kier alpha value is -1.07. The normalized spacial score (nSPS) is 9.42. The molecule has 12 heavy (non-hydrogen) atoms. The number of halogens is 1. The summed E-state index contributed by atoms with van der Waals surface area (Å²) in [4.78, 5) is 4.09. The highest BCUT2D eigenvalue weighted by atomic mass is 35.5. The van der Waals surface area contributed by atoms with Crippen LogP contribution in [0, 0.1) is 11.3 Å². The third-order valence-corrected chi connectivity index (χ3v) is 1.85. The molecule has 0 aliphatic rings. The fourth-order valence-corrected chi connectivity index (χ4v) is 1.16. The molecule has 62 valence electrons. The highest BCUT2D eigenvalue weighted by Gasteiger charge is 2.00. The lowest BCUT2D eigenvalue weighted by molar-refractivity contribution is 0.882. The summed E-state index contributed by atoms with van der Waals surface area (Å²) in [6, 6.07) is 3.72. The largest absolute Gasteiger partial charge is 0.260 e. The van der Waals surface area contributed by atoms with E-state index in [0.717, 1.165) is 18.5 Å². The van der Waals surface area contributed by atoms with Crippen LogP contribution in [0.15, 0.2) is 12.3 Å². The molecule has 0 saturated carbocycles. The second kappa shape index (κ2) is 4.08. The highest BCUT2D eigenvalue weighted by Crippen LogP contribution is 2.15. The maximum absolute atomic E-state index is 8.56. The lowest BCUT2D eigenvalue weighted by Gasteiger charge is -1.98. The van der Waals surface area contributed by atoms with Crippen molar-refractivity contribution >= 4 is 11.6 Å². The van der Waals surface area contributed by atoms with Crippen LogP contribution in [0.5, 0.6) is 0 Å². The fourth-order valence-electron chi connectivity index (χ4n) is 0.946. The molecule has 0 atom stereocenters. The lowest BCUT2D eigenvalue weighted by Crippen LogP contribution is -1.90.